The number of carboxylic acids is 1. The average molecular weight is 263 g/mol. The fraction of sp³-hybridized carbons (Fsp3) is 0.462. The number of nitrogens with two attached hydrogens (primary N) is 1. The van der Waals surface area contributed by atoms with E-state index in [-0.39, 0.29) is 11.8 Å². The summed E-state index contributed by atoms with van der Waals surface area (Å²) in [6, 6.07) is 2.82. The Labute approximate surface area is 111 Å². The lowest BCUT2D eigenvalue weighted by Gasteiger charge is -2.29. The average Bonchev–Trinajstić information content (AvgIpc) is 2.91. The highest BCUT2D eigenvalue weighted by Crippen LogP contribution is 2.26. The molecule has 6 nitrogen and oxygen atoms in total. The van der Waals surface area contributed by atoms with Crippen molar-refractivity contribution < 1.29 is 14.7 Å². The zero-order valence-electron chi connectivity index (χ0n) is 10.5. The number of carboxylic acid groups (broad SMARTS) is 1. The Morgan fingerprint density at radius 1 is 1.47 bits per heavy atom. The van der Waals surface area contributed by atoms with Gasteiger partial charge in [-0.3, -0.25) is 14.6 Å². The smallest absolute Gasteiger partial charge is 0.306 e. The number of carbonyl (C=O) groups is 2. The highest BCUT2D eigenvalue weighted by atomic mass is 16.4. The quantitative estimate of drug-likeness (QED) is 0.692. The summed E-state index contributed by atoms with van der Waals surface area (Å²) in [4.78, 5) is 27.4. The van der Waals surface area contributed by atoms with Crippen LogP contribution in [0.25, 0.3) is 0 Å². The monoisotopic (exact) mass is 263 g/mol. The number of rotatable bonds is 5. The van der Waals surface area contributed by atoms with Crippen molar-refractivity contribution in [3.63, 3.8) is 0 Å². The maximum absolute atomic E-state index is 12.5. The van der Waals surface area contributed by atoms with Gasteiger partial charge in [-0.05, 0) is 37.1 Å². The molecule has 0 aromatic carbocycles. The van der Waals surface area contributed by atoms with Crippen LogP contribution in [0.3, 0.4) is 0 Å². The summed E-state index contributed by atoms with van der Waals surface area (Å²) in [6.07, 6.45) is 4.19. The van der Waals surface area contributed by atoms with Gasteiger partial charge in [-0.15, -0.1) is 0 Å². The van der Waals surface area contributed by atoms with Gasteiger partial charge in [0.2, 0.25) is 0 Å². The maximum Gasteiger partial charge on any atom is 0.306 e. The SMILES string of the molecule is N[C@](CC(=O)O)(C(=O)[C@H]1CCCN1)c1ccncc1. The van der Waals surface area contributed by atoms with Gasteiger partial charge in [0, 0.05) is 12.4 Å². The highest BCUT2D eigenvalue weighted by molar-refractivity contribution is 5.96. The van der Waals surface area contributed by atoms with Crippen LogP contribution in [-0.4, -0.2) is 34.4 Å². The summed E-state index contributed by atoms with van der Waals surface area (Å²) in [6.45, 7) is 0.760. The summed E-state index contributed by atoms with van der Waals surface area (Å²) in [7, 11) is 0. The van der Waals surface area contributed by atoms with Crippen molar-refractivity contribution in [2.24, 2.45) is 5.73 Å². The fourth-order valence-electron chi connectivity index (χ4n) is 2.44. The van der Waals surface area contributed by atoms with Gasteiger partial charge in [0.1, 0.15) is 5.54 Å². The number of ketones is 1. The molecule has 0 saturated carbocycles. The number of Topliss-reactive ketones (excluding diaryl/α,β-unsaturated/α-hetero) is 1. The van der Waals surface area contributed by atoms with Crippen molar-refractivity contribution in [1.82, 2.24) is 10.3 Å². The van der Waals surface area contributed by atoms with Crippen LogP contribution in [-0.2, 0) is 15.1 Å². The van der Waals surface area contributed by atoms with Gasteiger partial charge in [-0.25, -0.2) is 0 Å². The number of nitrogens with one attached hydrogen (secondary N) is 1. The Kier molecular flexibility index (Phi) is 3.92. The van der Waals surface area contributed by atoms with E-state index in [1.165, 1.54) is 12.4 Å². The Morgan fingerprint density at radius 3 is 2.68 bits per heavy atom. The number of aliphatic carboxylic acids is 1. The normalized spacial score (nSPS) is 21.8. The van der Waals surface area contributed by atoms with Gasteiger partial charge in [-0.1, -0.05) is 0 Å². The number of aromatic nitrogens is 1. The molecule has 1 saturated heterocycles. The van der Waals surface area contributed by atoms with Gasteiger partial charge in [-0.2, -0.15) is 0 Å². The van der Waals surface area contributed by atoms with E-state index in [1.807, 2.05) is 0 Å². The van der Waals surface area contributed by atoms with E-state index in [4.69, 9.17) is 10.8 Å². The first-order valence-corrected chi connectivity index (χ1v) is 6.23. The zero-order valence-corrected chi connectivity index (χ0v) is 10.5. The summed E-state index contributed by atoms with van der Waals surface area (Å²) >= 11 is 0. The Hall–Kier alpha value is -1.79. The molecule has 1 aliphatic rings. The maximum atomic E-state index is 12.5. The first-order valence-electron chi connectivity index (χ1n) is 6.23. The van der Waals surface area contributed by atoms with Gasteiger partial charge in [0.15, 0.2) is 5.78 Å². The second kappa shape index (κ2) is 5.46. The van der Waals surface area contributed by atoms with Gasteiger partial charge < -0.3 is 16.2 Å². The topological polar surface area (TPSA) is 105 Å². The van der Waals surface area contributed by atoms with Crippen LogP contribution in [0.1, 0.15) is 24.8 Å². The van der Waals surface area contributed by atoms with E-state index in [0.29, 0.717) is 12.0 Å². The molecule has 0 spiro atoms. The van der Waals surface area contributed by atoms with E-state index in [2.05, 4.69) is 10.3 Å². The van der Waals surface area contributed by atoms with Crippen LogP contribution >= 0.6 is 0 Å². The third-order valence-corrected chi connectivity index (χ3v) is 3.44. The molecule has 0 unspecified atom stereocenters. The van der Waals surface area contributed by atoms with Gasteiger partial charge in [0.25, 0.3) is 0 Å². The molecule has 2 heterocycles. The molecule has 0 amide bonds. The number of hydrogen-bond donors (Lipinski definition) is 3. The number of nitrogens with zero attached hydrogens (tertiary/aromatic N) is 1. The summed E-state index contributed by atoms with van der Waals surface area (Å²) in [5, 5.41) is 12.1. The molecule has 1 aromatic heterocycles. The van der Waals surface area contributed by atoms with Crippen LogP contribution in [0.15, 0.2) is 24.5 Å². The van der Waals surface area contributed by atoms with Crippen LogP contribution in [0.2, 0.25) is 0 Å². The van der Waals surface area contributed by atoms with Gasteiger partial charge in [0.05, 0.1) is 12.5 Å². The van der Waals surface area contributed by atoms with Crippen molar-refractivity contribution in [3.8, 4) is 0 Å². The Bertz CT molecular complexity index is 471. The van der Waals surface area contributed by atoms with Crippen molar-refractivity contribution in [2.75, 3.05) is 6.54 Å². The molecule has 0 aliphatic carbocycles. The fourth-order valence-corrected chi connectivity index (χ4v) is 2.44. The van der Waals surface area contributed by atoms with Crippen molar-refractivity contribution in [2.45, 2.75) is 30.8 Å². The van der Waals surface area contributed by atoms with Crippen LogP contribution in [0, 0.1) is 0 Å². The molecular weight excluding hydrogens is 246 g/mol. The van der Waals surface area contributed by atoms with E-state index in [0.717, 1.165) is 13.0 Å². The Balaban J connectivity index is 2.33. The first kappa shape index (κ1) is 13.6. The van der Waals surface area contributed by atoms with Crippen LogP contribution in [0.5, 0.6) is 0 Å². The molecule has 0 radical (unpaired) electrons. The molecule has 102 valence electrons. The van der Waals surface area contributed by atoms with E-state index >= 15 is 0 Å². The third kappa shape index (κ3) is 2.80. The minimum Gasteiger partial charge on any atom is -0.481 e. The zero-order chi connectivity index (χ0) is 13.9. The molecular formula is C13H17N3O3. The number of pyridine rings is 1. The molecule has 1 fully saturated rings. The standard InChI is InChI=1S/C13H17N3O3/c14-13(8-11(17)18,9-3-6-15-7-4-9)12(19)10-2-1-5-16-10/h3-4,6-7,10,16H,1-2,5,8,14H2,(H,17,18)/t10-,13+/m1/s1. The lowest BCUT2D eigenvalue weighted by atomic mass is 9.81. The van der Waals surface area contributed by atoms with Crippen LogP contribution < -0.4 is 11.1 Å². The molecule has 0 bridgehead atoms. The molecule has 19 heavy (non-hydrogen) atoms. The molecule has 6 heteroatoms. The number of carbonyl (C=O) groups excluding carboxylic acids is 1. The lowest BCUT2D eigenvalue weighted by Crippen LogP contribution is -2.53. The predicted molar refractivity (Wildman–Crippen MR) is 68.4 cm³/mol. The minimum atomic E-state index is -1.50. The van der Waals surface area contributed by atoms with E-state index < -0.39 is 17.9 Å². The first-order chi connectivity index (χ1) is 9.04. The Morgan fingerprint density at radius 2 is 2.16 bits per heavy atom. The van der Waals surface area contributed by atoms with Crippen molar-refractivity contribution >= 4 is 11.8 Å². The second-order valence-electron chi connectivity index (χ2n) is 4.79. The van der Waals surface area contributed by atoms with Crippen LogP contribution in [0.4, 0.5) is 0 Å². The largest absolute Gasteiger partial charge is 0.481 e. The highest BCUT2D eigenvalue weighted by Gasteiger charge is 2.42. The lowest BCUT2D eigenvalue weighted by molar-refractivity contribution is -0.142. The summed E-state index contributed by atoms with van der Waals surface area (Å²) in [5.74, 6) is -1.36. The van der Waals surface area contributed by atoms with Gasteiger partial charge >= 0.3 is 5.97 Å². The molecule has 2 rings (SSSR count). The summed E-state index contributed by atoms with van der Waals surface area (Å²) in [5.41, 5.74) is 5.13. The summed E-state index contributed by atoms with van der Waals surface area (Å²) < 4.78 is 0. The predicted octanol–water partition coefficient (Wildman–Crippen LogP) is 0.0314. The molecule has 4 N–H and O–H groups in total. The van der Waals surface area contributed by atoms with E-state index in [9.17, 15) is 9.59 Å². The number of hydrogen-bond acceptors (Lipinski definition) is 5. The van der Waals surface area contributed by atoms with E-state index in [1.54, 1.807) is 12.1 Å². The minimum absolute atomic E-state index is 0.265. The second-order valence-corrected chi connectivity index (χ2v) is 4.79. The van der Waals surface area contributed by atoms with Crippen molar-refractivity contribution in [1.29, 1.82) is 0 Å². The third-order valence-electron chi connectivity index (χ3n) is 3.44. The molecule has 2 atom stereocenters. The van der Waals surface area contributed by atoms with Crippen molar-refractivity contribution in [3.05, 3.63) is 30.1 Å². The molecule has 1 aromatic rings. The molecule has 1 aliphatic heterocycles.